The van der Waals surface area contributed by atoms with Crippen LogP contribution in [0.2, 0.25) is 0 Å². The molecule has 1 aromatic heterocycles. The molecule has 1 amide bonds. The molecule has 3 aliphatic rings. The molecule has 132 valence electrons. The predicted octanol–water partition coefficient (Wildman–Crippen LogP) is 3.38. The molecule has 1 N–H and O–H groups in total. The van der Waals surface area contributed by atoms with Gasteiger partial charge in [-0.1, -0.05) is 27.5 Å². The van der Waals surface area contributed by atoms with E-state index in [4.69, 9.17) is 0 Å². The molecular weight excluding hydrogens is 375 g/mol. The maximum absolute atomic E-state index is 13.0. The maximum Gasteiger partial charge on any atom is 0.253 e. The Kier molecular flexibility index (Phi) is 4.47. The van der Waals surface area contributed by atoms with Crippen LogP contribution >= 0.6 is 15.9 Å². The van der Waals surface area contributed by atoms with Crippen LogP contribution in [0, 0.1) is 11.3 Å². The van der Waals surface area contributed by atoms with E-state index < -0.39 is 0 Å². The average Bonchev–Trinajstić information content (AvgIpc) is 3.00. The third-order valence-corrected chi connectivity index (χ3v) is 7.16. The van der Waals surface area contributed by atoms with Crippen molar-refractivity contribution in [2.24, 2.45) is 11.3 Å². The first-order chi connectivity index (χ1) is 12.0. The van der Waals surface area contributed by atoms with Gasteiger partial charge in [0.15, 0.2) is 0 Å². The van der Waals surface area contributed by atoms with E-state index in [-0.39, 0.29) is 5.91 Å². The second-order valence-electron chi connectivity index (χ2n) is 8.13. The molecule has 3 nitrogen and oxygen atoms in total. The van der Waals surface area contributed by atoms with Gasteiger partial charge in [-0.05, 0) is 62.8 Å². The zero-order valence-corrected chi connectivity index (χ0v) is 16.8. The largest absolute Gasteiger partial charge is 0.351 e. The molecule has 0 saturated heterocycles. The van der Waals surface area contributed by atoms with Gasteiger partial charge in [-0.25, -0.2) is 0 Å². The lowest BCUT2D eigenvalue weighted by Gasteiger charge is -2.46. The number of aryl methyl sites for hydroxylation is 1. The molecule has 0 atom stereocenters. The van der Waals surface area contributed by atoms with Gasteiger partial charge in [0.1, 0.15) is 7.85 Å². The number of rotatable bonds is 4. The van der Waals surface area contributed by atoms with Crippen molar-refractivity contribution in [3.05, 3.63) is 28.4 Å². The Hall–Kier alpha value is -1.23. The number of nitrogens with zero attached hydrogens (tertiary/aromatic N) is 1. The number of halogens is 1. The SMILES string of the molecule is Bc1cc(Br)c2c(C(=O)NCC34CCC(CC3)CC4)cn(CC)c2c1. The average molecular weight is 401 g/mol. The van der Waals surface area contributed by atoms with Gasteiger partial charge in [0, 0.05) is 34.7 Å². The third kappa shape index (κ3) is 3.05. The lowest BCUT2D eigenvalue weighted by molar-refractivity contribution is 0.0598. The number of aromatic nitrogens is 1. The van der Waals surface area contributed by atoms with Crippen LogP contribution in [0.4, 0.5) is 0 Å². The fourth-order valence-electron chi connectivity index (χ4n) is 4.91. The highest BCUT2D eigenvalue weighted by Crippen LogP contribution is 2.49. The van der Waals surface area contributed by atoms with E-state index in [9.17, 15) is 4.79 Å². The van der Waals surface area contributed by atoms with Gasteiger partial charge < -0.3 is 9.88 Å². The van der Waals surface area contributed by atoms with Crippen molar-refractivity contribution in [1.82, 2.24) is 9.88 Å². The number of hydrogen-bond donors (Lipinski definition) is 1. The van der Waals surface area contributed by atoms with Crippen LogP contribution in [-0.4, -0.2) is 24.9 Å². The number of carbonyl (C=O) groups excluding carboxylic acids is 1. The number of benzene rings is 1. The summed E-state index contributed by atoms with van der Waals surface area (Å²) in [4.78, 5) is 13.0. The fourth-order valence-corrected chi connectivity index (χ4v) is 5.69. The molecular formula is C20H26BBrN2O. The summed E-state index contributed by atoms with van der Waals surface area (Å²) in [6, 6.07) is 4.27. The second-order valence-corrected chi connectivity index (χ2v) is 8.99. The molecule has 5 rings (SSSR count). The minimum atomic E-state index is 0.0730. The summed E-state index contributed by atoms with van der Waals surface area (Å²) >= 11 is 3.67. The third-order valence-electron chi connectivity index (χ3n) is 6.54. The first-order valence-electron chi connectivity index (χ1n) is 9.58. The summed E-state index contributed by atoms with van der Waals surface area (Å²) in [7, 11) is 2.09. The molecule has 1 heterocycles. The van der Waals surface area contributed by atoms with Gasteiger partial charge in [0.2, 0.25) is 0 Å². The predicted molar refractivity (Wildman–Crippen MR) is 109 cm³/mol. The summed E-state index contributed by atoms with van der Waals surface area (Å²) < 4.78 is 3.18. The van der Waals surface area contributed by atoms with Gasteiger partial charge in [-0.15, -0.1) is 0 Å². The molecule has 1 aromatic carbocycles. The highest BCUT2D eigenvalue weighted by molar-refractivity contribution is 9.10. The molecule has 3 fully saturated rings. The van der Waals surface area contributed by atoms with Crippen LogP contribution in [0.15, 0.2) is 22.8 Å². The van der Waals surface area contributed by atoms with E-state index >= 15 is 0 Å². The second kappa shape index (κ2) is 6.50. The van der Waals surface area contributed by atoms with Gasteiger partial charge in [0.05, 0.1) is 5.56 Å². The Morgan fingerprint density at radius 2 is 2.00 bits per heavy atom. The molecule has 0 spiro atoms. The Balaban J connectivity index is 1.60. The monoisotopic (exact) mass is 400 g/mol. The molecule has 0 aliphatic heterocycles. The van der Waals surface area contributed by atoms with Crippen molar-refractivity contribution >= 4 is 46.0 Å². The summed E-state index contributed by atoms with van der Waals surface area (Å²) in [5, 5.41) is 4.32. The molecule has 2 aromatic rings. The van der Waals surface area contributed by atoms with Crippen molar-refractivity contribution in [2.45, 2.75) is 52.0 Å². The topological polar surface area (TPSA) is 34.0 Å². The Morgan fingerprint density at radius 1 is 1.32 bits per heavy atom. The molecule has 3 saturated carbocycles. The van der Waals surface area contributed by atoms with Crippen LogP contribution in [0.5, 0.6) is 0 Å². The van der Waals surface area contributed by atoms with E-state index in [1.807, 2.05) is 6.20 Å². The number of hydrogen-bond acceptors (Lipinski definition) is 1. The molecule has 3 aliphatic carbocycles. The molecule has 0 radical (unpaired) electrons. The molecule has 5 heteroatoms. The van der Waals surface area contributed by atoms with Crippen molar-refractivity contribution in [3.8, 4) is 0 Å². The summed E-state index contributed by atoms with van der Waals surface area (Å²) in [6.45, 7) is 3.82. The highest BCUT2D eigenvalue weighted by Gasteiger charge is 2.40. The van der Waals surface area contributed by atoms with E-state index in [1.54, 1.807) is 0 Å². The van der Waals surface area contributed by atoms with Crippen molar-refractivity contribution in [1.29, 1.82) is 0 Å². The van der Waals surface area contributed by atoms with Gasteiger partial charge in [-0.3, -0.25) is 4.79 Å². The standard InChI is InChI=1S/C20H26BBrN2O/c1-2-24-11-15(18-16(22)9-14(21)10-17(18)24)19(25)23-12-20-6-3-13(4-7-20)5-8-20/h9-11,13H,2-8,12,21H2,1H3,(H,23,25). The molecule has 2 bridgehead atoms. The summed E-state index contributed by atoms with van der Waals surface area (Å²) in [5.74, 6) is 1.03. The number of carbonyl (C=O) groups is 1. The first-order valence-corrected chi connectivity index (χ1v) is 10.4. The van der Waals surface area contributed by atoms with Crippen LogP contribution in [0.25, 0.3) is 10.9 Å². The van der Waals surface area contributed by atoms with Crippen LogP contribution in [0.1, 0.15) is 55.8 Å². The number of fused-ring (bicyclic) bond motifs is 4. The minimum Gasteiger partial charge on any atom is -0.351 e. The van der Waals surface area contributed by atoms with Crippen molar-refractivity contribution < 1.29 is 4.79 Å². The lowest BCUT2D eigenvalue weighted by Crippen LogP contribution is -2.43. The van der Waals surface area contributed by atoms with Crippen LogP contribution in [0.3, 0.4) is 0 Å². The Morgan fingerprint density at radius 3 is 2.64 bits per heavy atom. The first kappa shape index (κ1) is 17.2. The quantitative estimate of drug-likeness (QED) is 0.784. The van der Waals surface area contributed by atoms with E-state index in [0.717, 1.165) is 39.9 Å². The lowest BCUT2D eigenvalue weighted by atomic mass is 9.61. The highest BCUT2D eigenvalue weighted by atomic mass is 79.9. The minimum absolute atomic E-state index is 0.0730. The maximum atomic E-state index is 13.0. The van der Waals surface area contributed by atoms with Crippen LogP contribution in [-0.2, 0) is 6.54 Å². The van der Waals surface area contributed by atoms with Crippen molar-refractivity contribution in [3.63, 3.8) is 0 Å². The zero-order chi connectivity index (χ0) is 17.6. The van der Waals surface area contributed by atoms with Crippen molar-refractivity contribution in [2.75, 3.05) is 6.54 Å². The Labute approximate surface area is 159 Å². The molecule has 25 heavy (non-hydrogen) atoms. The van der Waals surface area contributed by atoms with Crippen LogP contribution < -0.4 is 10.8 Å². The number of amides is 1. The summed E-state index contributed by atoms with van der Waals surface area (Å²) in [6.07, 6.45) is 9.95. The summed E-state index contributed by atoms with van der Waals surface area (Å²) in [5.41, 5.74) is 3.50. The normalized spacial score (nSPS) is 25.4. The Bertz CT molecular complexity index is 807. The van der Waals surface area contributed by atoms with Gasteiger partial charge >= 0.3 is 0 Å². The smallest absolute Gasteiger partial charge is 0.253 e. The zero-order valence-electron chi connectivity index (χ0n) is 15.2. The van der Waals surface area contributed by atoms with Gasteiger partial charge in [0.25, 0.3) is 5.91 Å². The molecule has 0 unspecified atom stereocenters. The van der Waals surface area contributed by atoms with E-state index in [2.05, 4.69) is 52.7 Å². The van der Waals surface area contributed by atoms with E-state index in [1.165, 1.54) is 44.0 Å². The fraction of sp³-hybridized carbons (Fsp3) is 0.550. The van der Waals surface area contributed by atoms with E-state index in [0.29, 0.717) is 5.41 Å². The number of nitrogens with one attached hydrogen (secondary N) is 1. The van der Waals surface area contributed by atoms with Gasteiger partial charge in [-0.2, -0.15) is 0 Å².